The van der Waals surface area contributed by atoms with Crippen LogP contribution in [0.5, 0.6) is 0 Å². The molecule has 0 heterocycles. The van der Waals surface area contributed by atoms with E-state index in [2.05, 4.69) is 47.6 Å². The van der Waals surface area contributed by atoms with Crippen molar-refractivity contribution in [3.05, 3.63) is 11.6 Å². The van der Waals surface area contributed by atoms with Crippen molar-refractivity contribution in [2.24, 2.45) is 16.7 Å². The predicted molar refractivity (Wildman–Crippen MR) is 64.3 cm³/mol. The van der Waals surface area contributed by atoms with Crippen LogP contribution in [0.2, 0.25) is 0 Å². The SMILES string of the molecule is CC1=CCCC(C)C1(C)CC(C)(C)C. The fourth-order valence-corrected chi connectivity index (χ4v) is 2.91. The lowest BCUT2D eigenvalue weighted by atomic mass is 9.61. The highest BCUT2D eigenvalue weighted by molar-refractivity contribution is 5.16. The van der Waals surface area contributed by atoms with Gasteiger partial charge in [-0.2, -0.15) is 0 Å². The first kappa shape index (κ1) is 11.8. The molecular weight excluding hydrogens is 168 g/mol. The smallest absolute Gasteiger partial charge is 0.00885 e. The lowest BCUT2D eigenvalue weighted by Crippen LogP contribution is -2.33. The lowest BCUT2D eigenvalue weighted by Gasteiger charge is -2.44. The first-order valence-corrected chi connectivity index (χ1v) is 5.93. The Kier molecular flexibility index (Phi) is 3.13. The lowest BCUT2D eigenvalue weighted by molar-refractivity contribution is 0.144. The van der Waals surface area contributed by atoms with E-state index in [4.69, 9.17) is 0 Å². The van der Waals surface area contributed by atoms with Crippen LogP contribution in [0.3, 0.4) is 0 Å². The van der Waals surface area contributed by atoms with E-state index < -0.39 is 0 Å². The van der Waals surface area contributed by atoms with Gasteiger partial charge in [0.15, 0.2) is 0 Å². The quantitative estimate of drug-likeness (QED) is 0.526. The van der Waals surface area contributed by atoms with Crippen LogP contribution < -0.4 is 0 Å². The van der Waals surface area contributed by atoms with Crippen LogP contribution in [-0.4, -0.2) is 0 Å². The Bertz CT molecular complexity index is 229. The summed E-state index contributed by atoms with van der Waals surface area (Å²) in [5, 5.41) is 0. The first-order chi connectivity index (χ1) is 6.26. The molecule has 82 valence electrons. The summed E-state index contributed by atoms with van der Waals surface area (Å²) < 4.78 is 0. The van der Waals surface area contributed by atoms with E-state index in [1.54, 1.807) is 5.57 Å². The summed E-state index contributed by atoms with van der Waals surface area (Å²) in [6.07, 6.45) is 6.41. The topological polar surface area (TPSA) is 0 Å². The van der Waals surface area contributed by atoms with Crippen molar-refractivity contribution in [1.29, 1.82) is 0 Å². The maximum absolute atomic E-state index is 2.45. The minimum absolute atomic E-state index is 0.440. The van der Waals surface area contributed by atoms with Gasteiger partial charge in [0.05, 0.1) is 0 Å². The first-order valence-electron chi connectivity index (χ1n) is 5.93. The normalized spacial score (nSPS) is 34.1. The van der Waals surface area contributed by atoms with Crippen LogP contribution in [0.4, 0.5) is 0 Å². The van der Waals surface area contributed by atoms with Crippen LogP contribution in [0.1, 0.15) is 60.8 Å². The summed E-state index contributed by atoms with van der Waals surface area (Å²) >= 11 is 0. The third kappa shape index (κ3) is 2.40. The molecule has 0 saturated carbocycles. The molecule has 2 atom stereocenters. The van der Waals surface area contributed by atoms with Gasteiger partial charge >= 0.3 is 0 Å². The van der Waals surface area contributed by atoms with Crippen LogP contribution in [0, 0.1) is 16.7 Å². The zero-order valence-electron chi connectivity index (χ0n) is 10.8. The molecule has 0 aliphatic heterocycles. The maximum atomic E-state index is 2.45. The highest BCUT2D eigenvalue weighted by Gasteiger charge is 2.37. The summed E-state index contributed by atoms with van der Waals surface area (Å²) in [7, 11) is 0. The molecule has 0 saturated heterocycles. The number of hydrogen-bond donors (Lipinski definition) is 0. The van der Waals surface area contributed by atoms with Gasteiger partial charge in [-0.15, -0.1) is 0 Å². The van der Waals surface area contributed by atoms with Crippen molar-refractivity contribution >= 4 is 0 Å². The Morgan fingerprint density at radius 1 is 1.43 bits per heavy atom. The molecule has 1 aliphatic rings. The van der Waals surface area contributed by atoms with Gasteiger partial charge in [-0.05, 0) is 42.9 Å². The summed E-state index contributed by atoms with van der Waals surface area (Å²) in [5.74, 6) is 0.840. The average Bonchev–Trinajstić information content (AvgIpc) is 1.97. The van der Waals surface area contributed by atoms with Crippen LogP contribution in [0.25, 0.3) is 0 Å². The van der Waals surface area contributed by atoms with Gasteiger partial charge in [-0.3, -0.25) is 0 Å². The Balaban J connectivity index is 2.89. The Morgan fingerprint density at radius 2 is 2.00 bits per heavy atom. The molecule has 0 aromatic heterocycles. The predicted octanol–water partition coefficient (Wildman–Crippen LogP) is 4.81. The average molecular weight is 194 g/mol. The van der Waals surface area contributed by atoms with Crippen molar-refractivity contribution in [2.45, 2.75) is 60.8 Å². The van der Waals surface area contributed by atoms with Gasteiger partial charge in [-0.1, -0.05) is 46.3 Å². The molecule has 0 spiro atoms. The molecule has 14 heavy (non-hydrogen) atoms. The van der Waals surface area contributed by atoms with Gasteiger partial charge in [0.1, 0.15) is 0 Å². The van der Waals surface area contributed by atoms with E-state index >= 15 is 0 Å². The number of allylic oxidation sites excluding steroid dienone is 2. The van der Waals surface area contributed by atoms with Gasteiger partial charge in [0.25, 0.3) is 0 Å². The van der Waals surface area contributed by atoms with Crippen LogP contribution >= 0.6 is 0 Å². The maximum Gasteiger partial charge on any atom is -0.00885 e. The molecule has 1 aliphatic carbocycles. The van der Waals surface area contributed by atoms with E-state index in [1.807, 2.05) is 0 Å². The molecular formula is C14H26. The molecule has 0 radical (unpaired) electrons. The Labute approximate surface area is 89.8 Å². The van der Waals surface area contributed by atoms with E-state index in [-0.39, 0.29) is 0 Å². The van der Waals surface area contributed by atoms with Crippen molar-refractivity contribution in [2.75, 3.05) is 0 Å². The molecule has 1 rings (SSSR count). The summed E-state index contributed by atoms with van der Waals surface area (Å²) in [5.41, 5.74) is 2.50. The highest BCUT2D eigenvalue weighted by Crippen LogP contribution is 2.48. The second-order valence-corrected chi connectivity index (χ2v) is 6.52. The van der Waals surface area contributed by atoms with Crippen molar-refractivity contribution in [3.63, 3.8) is 0 Å². The highest BCUT2D eigenvalue weighted by atomic mass is 14.4. The molecule has 0 nitrogen and oxygen atoms in total. The van der Waals surface area contributed by atoms with Crippen LogP contribution in [-0.2, 0) is 0 Å². The molecule has 0 N–H and O–H groups in total. The fourth-order valence-electron chi connectivity index (χ4n) is 2.91. The number of rotatable bonds is 1. The minimum atomic E-state index is 0.440. The second-order valence-electron chi connectivity index (χ2n) is 6.52. The van der Waals surface area contributed by atoms with Gasteiger partial charge in [0, 0.05) is 0 Å². The number of hydrogen-bond acceptors (Lipinski definition) is 0. The van der Waals surface area contributed by atoms with Gasteiger partial charge < -0.3 is 0 Å². The Morgan fingerprint density at radius 3 is 2.43 bits per heavy atom. The minimum Gasteiger partial charge on any atom is -0.0850 e. The van der Waals surface area contributed by atoms with E-state index in [1.165, 1.54) is 19.3 Å². The molecule has 0 amide bonds. The monoisotopic (exact) mass is 194 g/mol. The second kappa shape index (κ2) is 3.72. The molecule has 0 bridgehead atoms. The van der Waals surface area contributed by atoms with E-state index in [9.17, 15) is 0 Å². The zero-order valence-corrected chi connectivity index (χ0v) is 10.8. The molecule has 0 heteroatoms. The van der Waals surface area contributed by atoms with Crippen LogP contribution in [0.15, 0.2) is 11.6 Å². The summed E-state index contributed by atoms with van der Waals surface area (Å²) in [4.78, 5) is 0. The molecule has 0 aromatic rings. The molecule has 0 aromatic carbocycles. The summed E-state index contributed by atoms with van der Waals surface area (Å²) in [6, 6.07) is 0. The third-order valence-electron chi connectivity index (χ3n) is 3.94. The summed E-state index contributed by atoms with van der Waals surface area (Å²) in [6.45, 7) is 14.3. The standard InChI is InChI=1S/C14H26/c1-11-8-7-9-12(2)14(11,6)10-13(3,4)5/h8,12H,7,9-10H2,1-6H3. The molecule has 0 fully saturated rings. The largest absolute Gasteiger partial charge is 0.0850 e. The van der Waals surface area contributed by atoms with Crippen molar-refractivity contribution in [3.8, 4) is 0 Å². The van der Waals surface area contributed by atoms with Gasteiger partial charge in [0.2, 0.25) is 0 Å². The zero-order chi connectivity index (χ0) is 11.0. The Hall–Kier alpha value is -0.260. The van der Waals surface area contributed by atoms with Crippen molar-refractivity contribution in [1.82, 2.24) is 0 Å². The molecule has 2 unspecified atom stereocenters. The van der Waals surface area contributed by atoms with E-state index in [0.29, 0.717) is 10.8 Å². The van der Waals surface area contributed by atoms with Gasteiger partial charge in [-0.25, -0.2) is 0 Å². The fraction of sp³-hybridized carbons (Fsp3) is 0.857. The third-order valence-corrected chi connectivity index (χ3v) is 3.94. The van der Waals surface area contributed by atoms with Crippen molar-refractivity contribution < 1.29 is 0 Å². The van der Waals surface area contributed by atoms with E-state index in [0.717, 1.165) is 5.92 Å².